The molecular weight excluding hydrogens is 170 g/mol. The predicted molar refractivity (Wildman–Crippen MR) is 52.3 cm³/mol. The lowest BCUT2D eigenvalue weighted by atomic mass is 10.1. The number of anilines is 1. The van der Waals surface area contributed by atoms with Gasteiger partial charge in [0.1, 0.15) is 0 Å². The highest BCUT2D eigenvalue weighted by atomic mass is 35.5. The maximum absolute atomic E-state index is 5.87. The summed E-state index contributed by atoms with van der Waals surface area (Å²) in [5.74, 6) is 0.866. The van der Waals surface area contributed by atoms with Crippen molar-refractivity contribution < 1.29 is 0 Å². The number of rotatable bonds is 2. The van der Waals surface area contributed by atoms with Crippen molar-refractivity contribution in [3.63, 3.8) is 0 Å². The molecule has 0 bridgehead atoms. The van der Waals surface area contributed by atoms with Crippen LogP contribution in [0.5, 0.6) is 0 Å². The van der Waals surface area contributed by atoms with Gasteiger partial charge < -0.3 is 5.73 Å². The molecule has 12 heavy (non-hydrogen) atoms. The van der Waals surface area contributed by atoms with E-state index in [9.17, 15) is 0 Å². The summed E-state index contributed by atoms with van der Waals surface area (Å²) in [5.41, 5.74) is 7.90. The maximum Gasteiger partial charge on any atom is 0.0410 e. The summed E-state index contributed by atoms with van der Waals surface area (Å²) in [5, 5.41) is 0.792. The smallest absolute Gasteiger partial charge is 0.0410 e. The lowest BCUT2D eigenvalue weighted by Crippen LogP contribution is -1.95. The SMILES string of the molecule is Nc1ccc(Cl)cc1CC1CC1. The van der Waals surface area contributed by atoms with Gasteiger partial charge in [0, 0.05) is 10.7 Å². The van der Waals surface area contributed by atoms with Crippen molar-refractivity contribution in [3.8, 4) is 0 Å². The van der Waals surface area contributed by atoms with Crippen LogP contribution >= 0.6 is 11.6 Å². The summed E-state index contributed by atoms with van der Waals surface area (Å²) in [6.07, 6.45) is 3.81. The Bertz CT molecular complexity index is 292. The van der Waals surface area contributed by atoms with Gasteiger partial charge in [0.25, 0.3) is 0 Å². The lowest BCUT2D eigenvalue weighted by Gasteiger charge is -2.04. The Balaban J connectivity index is 2.21. The number of halogens is 1. The highest BCUT2D eigenvalue weighted by Gasteiger charge is 2.22. The molecule has 2 heteroatoms. The van der Waals surface area contributed by atoms with E-state index in [1.165, 1.54) is 18.4 Å². The molecular formula is C10H12ClN. The van der Waals surface area contributed by atoms with E-state index in [0.29, 0.717) is 0 Å². The Kier molecular flexibility index (Phi) is 1.97. The Morgan fingerprint density at radius 3 is 2.83 bits per heavy atom. The minimum Gasteiger partial charge on any atom is -0.399 e. The number of nitrogens with two attached hydrogens (primary N) is 1. The molecule has 0 unspecified atom stereocenters. The van der Waals surface area contributed by atoms with Gasteiger partial charge in [0.2, 0.25) is 0 Å². The summed E-state index contributed by atoms with van der Waals surface area (Å²) in [6, 6.07) is 5.71. The molecule has 0 amide bonds. The Morgan fingerprint density at radius 1 is 1.42 bits per heavy atom. The van der Waals surface area contributed by atoms with Crippen LogP contribution in [0.1, 0.15) is 18.4 Å². The van der Waals surface area contributed by atoms with E-state index in [1.54, 1.807) is 0 Å². The van der Waals surface area contributed by atoms with Gasteiger partial charge >= 0.3 is 0 Å². The fourth-order valence-electron chi connectivity index (χ4n) is 1.38. The van der Waals surface area contributed by atoms with Gasteiger partial charge in [-0.25, -0.2) is 0 Å². The molecule has 2 N–H and O–H groups in total. The first kappa shape index (κ1) is 7.93. The third kappa shape index (κ3) is 1.72. The van der Waals surface area contributed by atoms with Crippen LogP contribution in [0.25, 0.3) is 0 Å². The largest absolute Gasteiger partial charge is 0.399 e. The summed E-state index contributed by atoms with van der Waals surface area (Å²) >= 11 is 5.87. The second-order valence-electron chi connectivity index (χ2n) is 3.49. The third-order valence-electron chi connectivity index (χ3n) is 2.31. The minimum absolute atomic E-state index is 0.792. The van der Waals surface area contributed by atoms with E-state index < -0.39 is 0 Å². The van der Waals surface area contributed by atoms with Crippen molar-refractivity contribution in [2.75, 3.05) is 5.73 Å². The minimum atomic E-state index is 0.792. The summed E-state index contributed by atoms with van der Waals surface area (Å²) in [7, 11) is 0. The van der Waals surface area contributed by atoms with E-state index in [-0.39, 0.29) is 0 Å². The predicted octanol–water partition coefficient (Wildman–Crippen LogP) is 2.87. The zero-order valence-corrected chi connectivity index (χ0v) is 7.64. The normalized spacial score (nSPS) is 16.4. The molecule has 1 fully saturated rings. The van der Waals surface area contributed by atoms with Gasteiger partial charge in [-0.15, -0.1) is 0 Å². The van der Waals surface area contributed by atoms with Crippen LogP contribution in [0.3, 0.4) is 0 Å². The molecule has 1 aromatic carbocycles. The van der Waals surface area contributed by atoms with Crippen molar-refractivity contribution in [3.05, 3.63) is 28.8 Å². The lowest BCUT2D eigenvalue weighted by molar-refractivity contribution is 0.834. The van der Waals surface area contributed by atoms with Crippen LogP contribution in [0.15, 0.2) is 18.2 Å². The topological polar surface area (TPSA) is 26.0 Å². The Hall–Kier alpha value is -0.690. The third-order valence-corrected chi connectivity index (χ3v) is 2.55. The molecule has 0 saturated heterocycles. The Morgan fingerprint density at radius 2 is 2.17 bits per heavy atom. The molecule has 1 aliphatic rings. The highest BCUT2D eigenvalue weighted by Crippen LogP contribution is 2.34. The maximum atomic E-state index is 5.87. The van der Waals surface area contributed by atoms with E-state index in [4.69, 9.17) is 17.3 Å². The van der Waals surface area contributed by atoms with Gasteiger partial charge in [-0.2, -0.15) is 0 Å². The fraction of sp³-hybridized carbons (Fsp3) is 0.400. The molecule has 0 atom stereocenters. The average Bonchev–Trinajstić information content (AvgIpc) is 2.81. The number of nitrogen functional groups attached to an aromatic ring is 1. The molecule has 1 saturated carbocycles. The molecule has 0 heterocycles. The van der Waals surface area contributed by atoms with Crippen molar-refractivity contribution in [2.45, 2.75) is 19.3 Å². The fourth-order valence-corrected chi connectivity index (χ4v) is 1.58. The van der Waals surface area contributed by atoms with E-state index in [2.05, 4.69) is 0 Å². The van der Waals surface area contributed by atoms with Gasteiger partial charge in [-0.05, 0) is 48.9 Å². The number of hydrogen-bond acceptors (Lipinski definition) is 1. The monoisotopic (exact) mass is 181 g/mol. The Labute approximate surface area is 77.5 Å². The van der Waals surface area contributed by atoms with E-state index >= 15 is 0 Å². The standard InChI is InChI=1S/C10H12ClN/c11-9-3-4-10(12)8(6-9)5-7-1-2-7/h3-4,6-7H,1-2,5,12H2. The number of benzene rings is 1. The molecule has 1 nitrogen and oxygen atoms in total. The first-order valence-corrected chi connectivity index (χ1v) is 4.67. The molecule has 1 aliphatic carbocycles. The summed E-state index contributed by atoms with van der Waals surface area (Å²) in [6.45, 7) is 0. The van der Waals surface area contributed by atoms with E-state index in [1.807, 2.05) is 18.2 Å². The van der Waals surface area contributed by atoms with Gasteiger partial charge in [-0.1, -0.05) is 11.6 Å². The van der Waals surface area contributed by atoms with Crippen molar-refractivity contribution in [1.82, 2.24) is 0 Å². The highest BCUT2D eigenvalue weighted by molar-refractivity contribution is 6.30. The quantitative estimate of drug-likeness (QED) is 0.698. The van der Waals surface area contributed by atoms with Crippen LogP contribution in [-0.2, 0) is 6.42 Å². The van der Waals surface area contributed by atoms with Crippen LogP contribution in [0.2, 0.25) is 5.02 Å². The second kappa shape index (κ2) is 2.98. The summed E-state index contributed by atoms with van der Waals surface area (Å²) < 4.78 is 0. The molecule has 64 valence electrons. The van der Waals surface area contributed by atoms with Crippen molar-refractivity contribution in [2.24, 2.45) is 5.92 Å². The van der Waals surface area contributed by atoms with Crippen molar-refractivity contribution >= 4 is 17.3 Å². The number of hydrogen-bond donors (Lipinski definition) is 1. The zero-order valence-electron chi connectivity index (χ0n) is 6.89. The van der Waals surface area contributed by atoms with Crippen molar-refractivity contribution in [1.29, 1.82) is 0 Å². The average molecular weight is 182 g/mol. The zero-order chi connectivity index (χ0) is 8.55. The summed E-state index contributed by atoms with van der Waals surface area (Å²) in [4.78, 5) is 0. The molecule has 0 aromatic heterocycles. The molecule has 1 aromatic rings. The van der Waals surface area contributed by atoms with Crippen LogP contribution in [-0.4, -0.2) is 0 Å². The molecule has 2 rings (SSSR count). The first-order chi connectivity index (χ1) is 5.75. The van der Waals surface area contributed by atoms with Crippen LogP contribution < -0.4 is 5.73 Å². The molecule has 0 aliphatic heterocycles. The van der Waals surface area contributed by atoms with E-state index in [0.717, 1.165) is 23.0 Å². The first-order valence-electron chi connectivity index (χ1n) is 4.29. The van der Waals surface area contributed by atoms with Gasteiger partial charge in [-0.3, -0.25) is 0 Å². The van der Waals surface area contributed by atoms with Gasteiger partial charge in [0.05, 0.1) is 0 Å². The van der Waals surface area contributed by atoms with Gasteiger partial charge in [0.15, 0.2) is 0 Å². The van der Waals surface area contributed by atoms with Crippen LogP contribution in [0, 0.1) is 5.92 Å². The molecule has 0 radical (unpaired) electrons. The van der Waals surface area contributed by atoms with Crippen LogP contribution in [0.4, 0.5) is 5.69 Å². The molecule has 0 spiro atoms. The second-order valence-corrected chi connectivity index (χ2v) is 3.93.